The van der Waals surface area contributed by atoms with Gasteiger partial charge in [0.2, 0.25) is 6.79 Å². The third kappa shape index (κ3) is 2.72. The second-order valence-electron chi connectivity index (χ2n) is 6.22. The van der Waals surface area contributed by atoms with Crippen molar-refractivity contribution in [1.29, 1.82) is 0 Å². The molecule has 0 aromatic heterocycles. The molecular weight excluding hydrogens is 348 g/mol. The fraction of sp³-hybridized carbons (Fsp3) is 0.200. The summed E-state index contributed by atoms with van der Waals surface area (Å²) in [5, 5.41) is 3.87. The molecule has 2 aliphatic heterocycles. The molecule has 0 saturated carbocycles. The van der Waals surface area contributed by atoms with E-state index < -0.39 is 0 Å². The van der Waals surface area contributed by atoms with Crippen LogP contribution < -0.4 is 19.7 Å². The van der Waals surface area contributed by atoms with Crippen molar-refractivity contribution in [3.8, 4) is 11.5 Å². The first kappa shape index (κ1) is 16.6. The van der Waals surface area contributed by atoms with Crippen LogP contribution >= 0.6 is 12.2 Å². The van der Waals surface area contributed by atoms with Gasteiger partial charge in [-0.15, -0.1) is 0 Å². The molecule has 4 rings (SSSR count). The molecule has 0 saturated heterocycles. The molecule has 2 heterocycles. The number of nitrogens with zero attached hydrogens (tertiary/aromatic N) is 1. The predicted octanol–water partition coefficient (Wildman–Crippen LogP) is 3.71. The third-order valence-electron chi connectivity index (χ3n) is 4.61. The van der Waals surface area contributed by atoms with Crippen LogP contribution in [0.4, 0.5) is 5.69 Å². The van der Waals surface area contributed by atoms with E-state index in [-0.39, 0.29) is 18.6 Å². The largest absolute Gasteiger partial charge is 0.454 e. The quantitative estimate of drug-likeness (QED) is 0.836. The van der Waals surface area contributed by atoms with E-state index >= 15 is 0 Å². The number of carbonyl (C=O) groups is 1. The normalized spacial score (nSPS) is 18.8. The number of benzene rings is 2. The number of Topliss-reactive ketones (excluding diaryl/α,β-unsaturated/α-hetero) is 1. The molecule has 5 nitrogen and oxygen atoms in total. The molecule has 0 unspecified atom stereocenters. The van der Waals surface area contributed by atoms with Gasteiger partial charge in [-0.05, 0) is 55.9 Å². The summed E-state index contributed by atoms with van der Waals surface area (Å²) in [5.41, 5.74) is 3.34. The molecule has 2 aromatic rings. The molecule has 2 aromatic carbocycles. The number of thiocarbonyl (C=S) groups is 1. The van der Waals surface area contributed by atoms with E-state index in [1.54, 1.807) is 6.92 Å². The van der Waals surface area contributed by atoms with Crippen molar-refractivity contribution in [2.45, 2.75) is 19.9 Å². The summed E-state index contributed by atoms with van der Waals surface area (Å²) in [7, 11) is 0. The van der Waals surface area contributed by atoms with Gasteiger partial charge in [0.25, 0.3) is 0 Å². The minimum atomic E-state index is -0.325. The average molecular weight is 366 g/mol. The van der Waals surface area contributed by atoms with Gasteiger partial charge in [0.05, 0.1) is 6.04 Å². The van der Waals surface area contributed by atoms with E-state index in [1.165, 1.54) is 0 Å². The molecule has 1 atom stereocenters. The maximum Gasteiger partial charge on any atom is 0.231 e. The predicted molar refractivity (Wildman–Crippen MR) is 103 cm³/mol. The van der Waals surface area contributed by atoms with Gasteiger partial charge in [-0.25, -0.2) is 0 Å². The van der Waals surface area contributed by atoms with Gasteiger partial charge in [0, 0.05) is 17.0 Å². The van der Waals surface area contributed by atoms with Gasteiger partial charge in [-0.1, -0.05) is 24.3 Å². The van der Waals surface area contributed by atoms with Gasteiger partial charge >= 0.3 is 0 Å². The molecule has 26 heavy (non-hydrogen) atoms. The maximum atomic E-state index is 12.5. The average Bonchev–Trinajstić information content (AvgIpc) is 3.09. The Bertz CT molecular complexity index is 924. The van der Waals surface area contributed by atoms with Crippen LogP contribution in [0.25, 0.3) is 0 Å². The van der Waals surface area contributed by atoms with Crippen LogP contribution in [0.3, 0.4) is 0 Å². The van der Waals surface area contributed by atoms with Crippen LogP contribution in [-0.2, 0) is 4.79 Å². The van der Waals surface area contributed by atoms with Gasteiger partial charge in [-0.3, -0.25) is 9.69 Å². The molecule has 1 N–H and O–H groups in total. The van der Waals surface area contributed by atoms with E-state index in [9.17, 15) is 4.79 Å². The van der Waals surface area contributed by atoms with Crippen molar-refractivity contribution < 1.29 is 14.3 Å². The van der Waals surface area contributed by atoms with Gasteiger partial charge in [0.15, 0.2) is 22.4 Å². The molecule has 0 aliphatic carbocycles. The first-order valence-electron chi connectivity index (χ1n) is 8.33. The number of carbonyl (C=O) groups excluding carboxylic acids is 1. The summed E-state index contributed by atoms with van der Waals surface area (Å²) in [6.07, 6.45) is 0. The minimum absolute atomic E-state index is 0.00102. The number of hydrogen-bond acceptors (Lipinski definition) is 4. The van der Waals surface area contributed by atoms with Gasteiger partial charge < -0.3 is 14.8 Å². The van der Waals surface area contributed by atoms with Crippen molar-refractivity contribution in [2.24, 2.45) is 0 Å². The zero-order valence-electron chi connectivity index (χ0n) is 14.5. The monoisotopic (exact) mass is 366 g/mol. The highest BCUT2D eigenvalue weighted by Crippen LogP contribution is 2.38. The lowest BCUT2D eigenvalue weighted by Gasteiger charge is -2.37. The van der Waals surface area contributed by atoms with Crippen LogP contribution in [0.15, 0.2) is 59.8 Å². The molecule has 0 amide bonds. The summed E-state index contributed by atoms with van der Waals surface area (Å²) in [4.78, 5) is 14.4. The van der Waals surface area contributed by atoms with Crippen LogP contribution in [0.1, 0.15) is 25.5 Å². The Labute approximate surface area is 157 Å². The molecule has 132 valence electrons. The Hall–Kier alpha value is -2.86. The number of hydrogen-bond donors (Lipinski definition) is 1. The fourth-order valence-corrected chi connectivity index (χ4v) is 3.79. The third-order valence-corrected chi connectivity index (χ3v) is 4.91. The lowest BCUT2D eigenvalue weighted by molar-refractivity contribution is -0.114. The number of allylic oxidation sites excluding steroid dienone is 1. The van der Waals surface area contributed by atoms with E-state index in [0.717, 1.165) is 16.9 Å². The number of rotatable bonds is 3. The first-order valence-corrected chi connectivity index (χ1v) is 8.74. The minimum Gasteiger partial charge on any atom is -0.454 e. The number of para-hydroxylation sites is 1. The Balaban J connectivity index is 1.80. The molecule has 0 fully saturated rings. The smallest absolute Gasteiger partial charge is 0.231 e. The lowest BCUT2D eigenvalue weighted by atomic mass is 9.92. The highest BCUT2D eigenvalue weighted by Gasteiger charge is 2.33. The van der Waals surface area contributed by atoms with Crippen LogP contribution in [0, 0.1) is 0 Å². The van der Waals surface area contributed by atoms with Crippen LogP contribution in [0.2, 0.25) is 0 Å². The zero-order chi connectivity index (χ0) is 18.3. The molecule has 2 aliphatic rings. The highest BCUT2D eigenvalue weighted by molar-refractivity contribution is 7.80. The lowest BCUT2D eigenvalue weighted by Crippen LogP contribution is -2.47. The highest BCUT2D eigenvalue weighted by atomic mass is 32.1. The van der Waals surface area contributed by atoms with E-state index in [2.05, 4.69) is 5.32 Å². The number of ether oxygens (including phenoxy) is 2. The summed E-state index contributed by atoms with van der Waals surface area (Å²) in [6.45, 7) is 3.72. The van der Waals surface area contributed by atoms with Gasteiger partial charge in [-0.2, -0.15) is 0 Å². The Morgan fingerprint density at radius 3 is 2.62 bits per heavy atom. The van der Waals surface area contributed by atoms with Crippen LogP contribution in [0.5, 0.6) is 11.5 Å². The van der Waals surface area contributed by atoms with Crippen molar-refractivity contribution in [2.75, 3.05) is 11.7 Å². The van der Waals surface area contributed by atoms with E-state index in [0.29, 0.717) is 22.2 Å². The Morgan fingerprint density at radius 1 is 1.15 bits per heavy atom. The summed E-state index contributed by atoms with van der Waals surface area (Å²) in [5.74, 6) is 1.39. The van der Waals surface area contributed by atoms with Crippen molar-refractivity contribution in [3.05, 3.63) is 65.4 Å². The van der Waals surface area contributed by atoms with Crippen molar-refractivity contribution in [1.82, 2.24) is 5.32 Å². The topological polar surface area (TPSA) is 50.8 Å². The molecule has 0 spiro atoms. The maximum absolute atomic E-state index is 12.5. The number of anilines is 1. The second kappa shape index (κ2) is 6.46. The molecule has 6 heteroatoms. The standard InChI is InChI=1S/C20H18N2O3S/c1-12-18(13(2)23)19(14-8-9-16-17(10-14)25-11-24-16)21-20(26)22(12)15-6-4-3-5-7-15/h3-10,19H,11H2,1-2H3,(H,21,26)/t19-/m0/s1. The molecular formula is C20H18N2O3S. The zero-order valence-corrected chi connectivity index (χ0v) is 15.3. The molecule has 0 bridgehead atoms. The fourth-order valence-electron chi connectivity index (χ4n) is 3.43. The van der Waals surface area contributed by atoms with E-state index in [1.807, 2.05) is 60.4 Å². The Morgan fingerprint density at radius 2 is 1.88 bits per heavy atom. The van der Waals surface area contributed by atoms with E-state index in [4.69, 9.17) is 21.7 Å². The summed E-state index contributed by atoms with van der Waals surface area (Å²) in [6, 6.07) is 15.1. The van der Waals surface area contributed by atoms with Gasteiger partial charge in [0.1, 0.15) is 0 Å². The van der Waals surface area contributed by atoms with Crippen molar-refractivity contribution in [3.63, 3.8) is 0 Å². The van der Waals surface area contributed by atoms with Crippen LogP contribution in [-0.4, -0.2) is 17.7 Å². The number of nitrogens with one attached hydrogen (secondary N) is 1. The first-order chi connectivity index (χ1) is 12.6. The number of ketones is 1. The second-order valence-corrected chi connectivity index (χ2v) is 6.61. The molecule has 0 radical (unpaired) electrons. The number of fused-ring (bicyclic) bond motifs is 1. The SMILES string of the molecule is CC(=O)C1=C(C)N(c2ccccc2)C(=S)N[C@H]1c1ccc2c(c1)OCO2. The Kier molecular flexibility index (Phi) is 4.12. The van der Waals surface area contributed by atoms with Crippen molar-refractivity contribution >= 4 is 28.8 Å². The summed E-state index contributed by atoms with van der Waals surface area (Å²) < 4.78 is 10.9. The summed E-state index contributed by atoms with van der Waals surface area (Å²) >= 11 is 5.62.